The van der Waals surface area contributed by atoms with Crippen molar-refractivity contribution in [2.75, 3.05) is 13.6 Å². The van der Waals surface area contributed by atoms with E-state index in [0.717, 1.165) is 12.2 Å². The lowest BCUT2D eigenvalue weighted by molar-refractivity contribution is 0.331. The summed E-state index contributed by atoms with van der Waals surface area (Å²) in [5.74, 6) is 0.598. The fraction of sp³-hybridized carbons (Fsp3) is 0.727. The highest BCUT2D eigenvalue weighted by atomic mass is 15.3. The molecule has 1 heterocycles. The fourth-order valence-electron chi connectivity index (χ4n) is 1.80. The predicted molar refractivity (Wildman–Crippen MR) is 59.5 cm³/mol. The van der Waals surface area contributed by atoms with Crippen molar-refractivity contribution < 1.29 is 0 Å². The first-order chi connectivity index (χ1) is 6.56. The topological polar surface area (TPSA) is 29.9 Å². The van der Waals surface area contributed by atoms with Gasteiger partial charge in [0.1, 0.15) is 0 Å². The average molecular weight is 195 g/mol. The lowest BCUT2D eigenvalue weighted by Crippen LogP contribution is -2.28. The number of aryl methyl sites for hydroxylation is 2. The Hall–Kier alpha value is -0.830. The van der Waals surface area contributed by atoms with Gasteiger partial charge < -0.3 is 5.32 Å². The molecule has 0 saturated carbocycles. The second-order valence-electron chi connectivity index (χ2n) is 4.24. The van der Waals surface area contributed by atoms with Gasteiger partial charge in [-0.2, -0.15) is 5.10 Å². The van der Waals surface area contributed by atoms with Crippen molar-refractivity contribution in [1.82, 2.24) is 15.1 Å². The van der Waals surface area contributed by atoms with Crippen LogP contribution in [0.15, 0.2) is 6.07 Å². The van der Waals surface area contributed by atoms with Gasteiger partial charge >= 0.3 is 0 Å². The van der Waals surface area contributed by atoms with Crippen LogP contribution in [0.25, 0.3) is 0 Å². The lowest BCUT2D eigenvalue weighted by atomic mass is 10.0. The normalized spacial score (nSPS) is 13.6. The van der Waals surface area contributed by atoms with Gasteiger partial charge in [0.2, 0.25) is 0 Å². The van der Waals surface area contributed by atoms with Crippen LogP contribution in [0.4, 0.5) is 0 Å². The maximum Gasteiger partial charge on any atom is 0.0669 e. The maximum absolute atomic E-state index is 4.53. The molecule has 14 heavy (non-hydrogen) atoms. The molecule has 1 atom stereocenters. The summed E-state index contributed by atoms with van der Waals surface area (Å²) < 4.78 is 2.14. The van der Waals surface area contributed by atoms with Crippen LogP contribution in [0.2, 0.25) is 0 Å². The van der Waals surface area contributed by atoms with Gasteiger partial charge in [0, 0.05) is 12.2 Å². The van der Waals surface area contributed by atoms with E-state index in [0.29, 0.717) is 12.0 Å². The summed E-state index contributed by atoms with van der Waals surface area (Å²) in [4.78, 5) is 0. The second kappa shape index (κ2) is 4.60. The van der Waals surface area contributed by atoms with Crippen LogP contribution in [-0.2, 0) is 0 Å². The third-order valence-electron chi connectivity index (χ3n) is 2.54. The minimum atomic E-state index is 0.452. The molecule has 80 valence electrons. The first kappa shape index (κ1) is 11.2. The third kappa shape index (κ3) is 2.35. The molecule has 1 N–H and O–H groups in total. The first-order valence-corrected chi connectivity index (χ1v) is 5.23. The van der Waals surface area contributed by atoms with Gasteiger partial charge in [-0.3, -0.25) is 4.68 Å². The summed E-state index contributed by atoms with van der Waals surface area (Å²) in [6, 6.07) is 2.58. The van der Waals surface area contributed by atoms with Crippen molar-refractivity contribution >= 4 is 0 Å². The summed E-state index contributed by atoms with van der Waals surface area (Å²) in [5.41, 5.74) is 2.35. The summed E-state index contributed by atoms with van der Waals surface area (Å²) in [6.45, 7) is 9.60. The molecule has 0 fully saturated rings. The molecule has 3 heteroatoms. The standard InChI is InChI=1S/C11H21N3/c1-8(2)11(7-12-5)14-10(4)6-9(3)13-14/h6,8,11-12H,7H2,1-5H3. The van der Waals surface area contributed by atoms with Gasteiger partial charge in [0.05, 0.1) is 11.7 Å². The van der Waals surface area contributed by atoms with Crippen molar-refractivity contribution in [2.45, 2.75) is 33.7 Å². The molecular formula is C11H21N3. The van der Waals surface area contributed by atoms with Crippen LogP contribution in [-0.4, -0.2) is 23.4 Å². The van der Waals surface area contributed by atoms with Gasteiger partial charge in [-0.15, -0.1) is 0 Å². The Morgan fingerprint density at radius 2 is 2.07 bits per heavy atom. The highest BCUT2D eigenvalue weighted by molar-refractivity contribution is 5.08. The Labute approximate surface area is 86.5 Å². The number of nitrogens with one attached hydrogen (secondary N) is 1. The molecular weight excluding hydrogens is 174 g/mol. The molecule has 1 unspecified atom stereocenters. The number of hydrogen-bond donors (Lipinski definition) is 1. The second-order valence-corrected chi connectivity index (χ2v) is 4.24. The van der Waals surface area contributed by atoms with Crippen molar-refractivity contribution in [2.24, 2.45) is 5.92 Å². The van der Waals surface area contributed by atoms with Crippen LogP contribution in [0, 0.1) is 19.8 Å². The van der Waals surface area contributed by atoms with E-state index in [1.807, 2.05) is 14.0 Å². The van der Waals surface area contributed by atoms with Gasteiger partial charge in [-0.1, -0.05) is 13.8 Å². The summed E-state index contributed by atoms with van der Waals surface area (Å²) in [6.07, 6.45) is 0. The molecule has 0 saturated heterocycles. The zero-order valence-electron chi connectivity index (χ0n) is 9.83. The third-order valence-corrected chi connectivity index (χ3v) is 2.54. The van der Waals surface area contributed by atoms with Crippen LogP contribution < -0.4 is 5.32 Å². The van der Waals surface area contributed by atoms with E-state index < -0.39 is 0 Å². The first-order valence-electron chi connectivity index (χ1n) is 5.23. The number of hydrogen-bond acceptors (Lipinski definition) is 2. The Morgan fingerprint density at radius 3 is 2.43 bits per heavy atom. The predicted octanol–water partition coefficient (Wildman–Crippen LogP) is 1.92. The zero-order valence-corrected chi connectivity index (χ0v) is 9.83. The molecule has 1 rings (SSSR count). The SMILES string of the molecule is CNCC(C(C)C)n1nc(C)cc1C. The van der Waals surface area contributed by atoms with Gasteiger partial charge in [-0.05, 0) is 32.9 Å². The smallest absolute Gasteiger partial charge is 0.0669 e. The van der Waals surface area contributed by atoms with Crippen LogP contribution in [0.3, 0.4) is 0 Å². The van der Waals surface area contributed by atoms with E-state index in [2.05, 4.69) is 41.9 Å². The molecule has 0 spiro atoms. The number of rotatable bonds is 4. The van der Waals surface area contributed by atoms with Crippen molar-refractivity contribution in [1.29, 1.82) is 0 Å². The van der Waals surface area contributed by atoms with Crippen LogP contribution >= 0.6 is 0 Å². The highest BCUT2D eigenvalue weighted by Gasteiger charge is 2.17. The minimum absolute atomic E-state index is 0.452. The lowest BCUT2D eigenvalue weighted by Gasteiger charge is -2.22. The summed E-state index contributed by atoms with van der Waals surface area (Å²) in [5, 5.41) is 7.75. The van der Waals surface area contributed by atoms with E-state index in [9.17, 15) is 0 Å². The molecule has 0 aliphatic carbocycles. The molecule has 0 radical (unpaired) electrons. The summed E-state index contributed by atoms with van der Waals surface area (Å²) >= 11 is 0. The Bertz CT molecular complexity index is 289. The van der Waals surface area contributed by atoms with Gasteiger partial charge in [-0.25, -0.2) is 0 Å². The molecule has 1 aromatic heterocycles. The van der Waals surface area contributed by atoms with Crippen LogP contribution in [0.1, 0.15) is 31.3 Å². The largest absolute Gasteiger partial charge is 0.318 e. The highest BCUT2D eigenvalue weighted by Crippen LogP contribution is 2.18. The minimum Gasteiger partial charge on any atom is -0.318 e. The van der Waals surface area contributed by atoms with Crippen molar-refractivity contribution in [3.05, 3.63) is 17.5 Å². The average Bonchev–Trinajstić information content (AvgIpc) is 2.40. The molecule has 0 aromatic carbocycles. The fourth-order valence-corrected chi connectivity index (χ4v) is 1.80. The quantitative estimate of drug-likeness (QED) is 0.795. The zero-order chi connectivity index (χ0) is 10.7. The van der Waals surface area contributed by atoms with Crippen molar-refractivity contribution in [3.63, 3.8) is 0 Å². The van der Waals surface area contributed by atoms with Gasteiger partial charge in [0.15, 0.2) is 0 Å². The number of aromatic nitrogens is 2. The number of likely N-dealkylation sites (N-methyl/N-ethyl adjacent to an activating group) is 1. The maximum atomic E-state index is 4.53. The Kier molecular flexibility index (Phi) is 3.69. The van der Waals surface area contributed by atoms with E-state index in [-0.39, 0.29) is 0 Å². The molecule has 0 aliphatic rings. The molecule has 3 nitrogen and oxygen atoms in total. The molecule has 0 bridgehead atoms. The van der Waals surface area contributed by atoms with Crippen LogP contribution in [0.5, 0.6) is 0 Å². The Morgan fingerprint density at radius 1 is 1.43 bits per heavy atom. The monoisotopic (exact) mass is 195 g/mol. The van der Waals surface area contributed by atoms with E-state index in [1.165, 1.54) is 5.69 Å². The number of nitrogens with zero attached hydrogens (tertiary/aromatic N) is 2. The summed E-state index contributed by atoms with van der Waals surface area (Å²) in [7, 11) is 1.99. The Balaban J connectivity index is 2.92. The molecule has 0 amide bonds. The van der Waals surface area contributed by atoms with Crippen molar-refractivity contribution in [3.8, 4) is 0 Å². The molecule has 1 aromatic rings. The van der Waals surface area contributed by atoms with E-state index >= 15 is 0 Å². The van der Waals surface area contributed by atoms with Gasteiger partial charge in [0.25, 0.3) is 0 Å². The molecule has 0 aliphatic heterocycles. The van der Waals surface area contributed by atoms with E-state index in [1.54, 1.807) is 0 Å². The van der Waals surface area contributed by atoms with E-state index in [4.69, 9.17) is 0 Å².